The number of hydrogen-bond donors (Lipinski definition) is 0. The molecule has 2 rings (SSSR count). The molecular weight excluding hydrogens is 321 g/mol. The number of halogens is 2. The SMILES string of the molecule is COc1ncccc1COc1ccc(S(=O)(=O)Cl)cc1F. The minimum Gasteiger partial charge on any atom is -0.486 e. The first-order valence-corrected chi connectivity index (χ1v) is 8.07. The zero-order valence-corrected chi connectivity index (χ0v) is 12.5. The summed E-state index contributed by atoms with van der Waals surface area (Å²) in [6.45, 7) is 0.0287. The predicted molar refractivity (Wildman–Crippen MR) is 74.6 cm³/mol. The van der Waals surface area contributed by atoms with Crippen molar-refractivity contribution in [3.05, 3.63) is 47.9 Å². The standard InChI is InChI=1S/C13H11ClFNO4S/c1-19-13-9(3-2-6-16-13)8-20-12-5-4-10(7-11(12)15)21(14,17)18/h2-7H,8H2,1H3. The molecule has 0 aliphatic heterocycles. The number of ether oxygens (including phenoxy) is 2. The monoisotopic (exact) mass is 331 g/mol. The van der Waals surface area contributed by atoms with Crippen molar-refractivity contribution >= 4 is 19.7 Å². The number of methoxy groups -OCH3 is 1. The van der Waals surface area contributed by atoms with E-state index in [0.29, 0.717) is 11.4 Å². The van der Waals surface area contributed by atoms with Gasteiger partial charge in [0.25, 0.3) is 9.05 Å². The Balaban J connectivity index is 2.17. The van der Waals surface area contributed by atoms with Crippen LogP contribution >= 0.6 is 10.7 Å². The molecule has 1 heterocycles. The van der Waals surface area contributed by atoms with Crippen LogP contribution in [0.2, 0.25) is 0 Å². The number of hydrogen-bond acceptors (Lipinski definition) is 5. The molecule has 2 aromatic rings. The largest absolute Gasteiger partial charge is 0.486 e. The quantitative estimate of drug-likeness (QED) is 0.788. The lowest BCUT2D eigenvalue weighted by atomic mass is 10.3. The Kier molecular flexibility index (Phi) is 4.64. The topological polar surface area (TPSA) is 65.5 Å². The van der Waals surface area contributed by atoms with Crippen molar-refractivity contribution in [3.8, 4) is 11.6 Å². The van der Waals surface area contributed by atoms with Gasteiger partial charge in [-0.1, -0.05) is 0 Å². The highest BCUT2D eigenvalue weighted by Crippen LogP contribution is 2.25. The minimum atomic E-state index is -3.97. The van der Waals surface area contributed by atoms with E-state index >= 15 is 0 Å². The first kappa shape index (κ1) is 15.5. The molecule has 21 heavy (non-hydrogen) atoms. The summed E-state index contributed by atoms with van der Waals surface area (Å²) in [5.74, 6) is -0.539. The average Bonchev–Trinajstić information content (AvgIpc) is 2.45. The smallest absolute Gasteiger partial charge is 0.261 e. The van der Waals surface area contributed by atoms with Crippen molar-refractivity contribution in [2.75, 3.05) is 7.11 Å². The molecule has 0 atom stereocenters. The number of rotatable bonds is 5. The Hall–Kier alpha value is -1.86. The third-order valence-electron chi connectivity index (χ3n) is 2.61. The summed E-state index contributed by atoms with van der Waals surface area (Å²) in [7, 11) is 2.63. The summed E-state index contributed by atoms with van der Waals surface area (Å²) < 4.78 is 46.3. The van der Waals surface area contributed by atoms with E-state index in [1.165, 1.54) is 19.2 Å². The van der Waals surface area contributed by atoms with E-state index in [0.717, 1.165) is 6.07 Å². The van der Waals surface area contributed by atoms with Gasteiger partial charge in [0.05, 0.1) is 17.6 Å². The summed E-state index contributed by atoms with van der Waals surface area (Å²) in [6.07, 6.45) is 1.56. The van der Waals surface area contributed by atoms with Gasteiger partial charge in [0.15, 0.2) is 11.6 Å². The molecule has 5 nitrogen and oxygen atoms in total. The fourth-order valence-electron chi connectivity index (χ4n) is 1.62. The number of benzene rings is 1. The van der Waals surface area contributed by atoms with Gasteiger partial charge >= 0.3 is 0 Å². The van der Waals surface area contributed by atoms with Gasteiger partial charge in [0, 0.05) is 16.9 Å². The Morgan fingerprint density at radius 1 is 1.33 bits per heavy atom. The van der Waals surface area contributed by atoms with E-state index in [2.05, 4.69) is 4.98 Å². The highest BCUT2D eigenvalue weighted by molar-refractivity contribution is 8.13. The van der Waals surface area contributed by atoms with E-state index in [4.69, 9.17) is 20.2 Å². The Morgan fingerprint density at radius 2 is 2.10 bits per heavy atom. The van der Waals surface area contributed by atoms with Gasteiger partial charge in [-0.3, -0.25) is 0 Å². The maximum absolute atomic E-state index is 13.8. The zero-order valence-electron chi connectivity index (χ0n) is 10.9. The molecule has 0 bridgehead atoms. The highest BCUT2D eigenvalue weighted by Gasteiger charge is 2.14. The molecule has 0 unspecified atom stereocenters. The molecule has 0 saturated heterocycles. The molecule has 0 saturated carbocycles. The van der Waals surface area contributed by atoms with E-state index in [-0.39, 0.29) is 17.3 Å². The second-order valence-electron chi connectivity index (χ2n) is 3.99. The molecule has 0 amide bonds. The number of nitrogens with zero attached hydrogens (tertiary/aromatic N) is 1. The van der Waals surface area contributed by atoms with Gasteiger partial charge in [-0.2, -0.15) is 0 Å². The average molecular weight is 332 g/mol. The van der Waals surface area contributed by atoms with E-state index < -0.39 is 14.9 Å². The second-order valence-corrected chi connectivity index (χ2v) is 6.56. The predicted octanol–water partition coefficient (Wildman–Crippen LogP) is 2.74. The molecule has 8 heteroatoms. The van der Waals surface area contributed by atoms with Gasteiger partial charge < -0.3 is 9.47 Å². The maximum atomic E-state index is 13.8. The van der Waals surface area contributed by atoms with Crippen molar-refractivity contribution in [1.82, 2.24) is 4.98 Å². The molecule has 1 aromatic heterocycles. The van der Waals surface area contributed by atoms with Crippen molar-refractivity contribution in [3.63, 3.8) is 0 Å². The van der Waals surface area contributed by atoms with Crippen LogP contribution in [-0.4, -0.2) is 20.5 Å². The summed E-state index contributed by atoms with van der Waals surface area (Å²) in [4.78, 5) is 3.66. The van der Waals surface area contributed by atoms with E-state index in [1.54, 1.807) is 18.3 Å². The molecule has 0 radical (unpaired) electrons. The highest BCUT2D eigenvalue weighted by atomic mass is 35.7. The van der Waals surface area contributed by atoms with Crippen molar-refractivity contribution in [2.24, 2.45) is 0 Å². The zero-order chi connectivity index (χ0) is 15.5. The molecule has 0 aliphatic rings. The van der Waals surface area contributed by atoms with Crippen LogP contribution in [0.15, 0.2) is 41.4 Å². The van der Waals surface area contributed by atoms with Crippen LogP contribution in [0.4, 0.5) is 4.39 Å². The van der Waals surface area contributed by atoms with Crippen LogP contribution in [0.1, 0.15) is 5.56 Å². The maximum Gasteiger partial charge on any atom is 0.261 e. The molecule has 112 valence electrons. The fourth-order valence-corrected chi connectivity index (χ4v) is 2.39. The third kappa shape index (κ3) is 3.83. The van der Waals surface area contributed by atoms with Crippen LogP contribution in [0.25, 0.3) is 0 Å². The summed E-state index contributed by atoms with van der Waals surface area (Å²) >= 11 is 0. The lowest BCUT2D eigenvalue weighted by molar-refractivity contribution is 0.280. The normalized spacial score (nSPS) is 11.2. The van der Waals surface area contributed by atoms with Crippen LogP contribution in [0, 0.1) is 5.82 Å². The van der Waals surface area contributed by atoms with Crippen LogP contribution in [0.3, 0.4) is 0 Å². The molecule has 0 N–H and O–H groups in total. The van der Waals surface area contributed by atoms with Crippen molar-refractivity contribution < 1.29 is 22.3 Å². The third-order valence-corrected chi connectivity index (χ3v) is 3.96. The van der Waals surface area contributed by atoms with Crippen LogP contribution < -0.4 is 9.47 Å². The molecular formula is C13H11ClFNO4S. The lowest BCUT2D eigenvalue weighted by Gasteiger charge is -2.10. The Morgan fingerprint density at radius 3 is 2.71 bits per heavy atom. The number of pyridine rings is 1. The molecule has 0 fully saturated rings. The van der Waals surface area contributed by atoms with E-state index in [1.807, 2.05) is 0 Å². The lowest BCUT2D eigenvalue weighted by Crippen LogP contribution is -2.02. The van der Waals surface area contributed by atoms with Crippen LogP contribution in [-0.2, 0) is 15.7 Å². The first-order chi connectivity index (χ1) is 9.91. The summed E-state index contributed by atoms with van der Waals surface area (Å²) in [5, 5.41) is 0. The van der Waals surface area contributed by atoms with Gasteiger partial charge in [-0.25, -0.2) is 17.8 Å². The van der Waals surface area contributed by atoms with Crippen molar-refractivity contribution in [1.29, 1.82) is 0 Å². The molecule has 0 aliphatic carbocycles. The van der Waals surface area contributed by atoms with Crippen LogP contribution in [0.5, 0.6) is 11.6 Å². The van der Waals surface area contributed by atoms with E-state index in [9.17, 15) is 12.8 Å². The molecule has 1 aromatic carbocycles. The Labute approximate surface area is 125 Å². The van der Waals surface area contributed by atoms with Crippen molar-refractivity contribution in [2.45, 2.75) is 11.5 Å². The minimum absolute atomic E-state index is 0.0287. The Bertz CT molecular complexity index is 752. The van der Waals surface area contributed by atoms with Gasteiger partial charge in [-0.15, -0.1) is 0 Å². The second kappa shape index (κ2) is 6.28. The summed E-state index contributed by atoms with van der Waals surface area (Å²) in [5.41, 5.74) is 0.633. The molecule has 0 spiro atoms. The van der Waals surface area contributed by atoms with Gasteiger partial charge in [-0.05, 0) is 30.3 Å². The van der Waals surface area contributed by atoms with Gasteiger partial charge in [0.2, 0.25) is 5.88 Å². The number of aromatic nitrogens is 1. The first-order valence-electron chi connectivity index (χ1n) is 5.76. The fraction of sp³-hybridized carbons (Fsp3) is 0.154. The van der Waals surface area contributed by atoms with Gasteiger partial charge in [0.1, 0.15) is 6.61 Å². The summed E-state index contributed by atoms with van der Waals surface area (Å²) in [6, 6.07) is 6.59.